The zero-order chi connectivity index (χ0) is 31.6. The molecular formula is C29H10BF11O3. The van der Waals surface area contributed by atoms with Crippen LogP contribution in [0.2, 0.25) is 0 Å². The molecule has 0 aromatic heterocycles. The molecule has 44 heavy (non-hydrogen) atoms. The molecule has 0 heterocycles. The van der Waals surface area contributed by atoms with Gasteiger partial charge in [-0.25, -0.2) is 43.9 Å². The fourth-order valence-electron chi connectivity index (χ4n) is 4.84. The van der Waals surface area contributed by atoms with Gasteiger partial charge in [-0.3, -0.25) is 0 Å². The SMILES string of the molecule is Fc1ccc(F)c(OB(Oc2cccc3c2Cc2c(F)c(F)c(F)c(F)c2-3)Oc2cccc3c(F)c(F)c(F)c(F)c23)c1F. The van der Waals surface area contributed by atoms with E-state index >= 15 is 0 Å². The van der Waals surface area contributed by atoms with Crippen molar-refractivity contribution in [3.63, 3.8) is 0 Å². The summed E-state index contributed by atoms with van der Waals surface area (Å²) >= 11 is 0. The van der Waals surface area contributed by atoms with Gasteiger partial charge in [-0.2, -0.15) is 4.39 Å². The highest BCUT2D eigenvalue weighted by Gasteiger charge is 2.38. The second kappa shape index (κ2) is 10.6. The van der Waals surface area contributed by atoms with Crippen LogP contribution in [0.1, 0.15) is 11.1 Å². The molecule has 0 fully saturated rings. The van der Waals surface area contributed by atoms with Crippen LogP contribution in [0.15, 0.2) is 48.5 Å². The van der Waals surface area contributed by atoms with Crippen molar-refractivity contribution >= 4 is 18.1 Å². The van der Waals surface area contributed by atoms with E-state index in [2.05, 4.69) is 0 Å². The minimum Gasteiger partial charge on any atom is -0.489 e. The van der Waals surface area contributed by atoms with Crippen molar-refractivity contribution in [3.8, 4) is 28.4 Å². The second-order valence-corrected chi connectivity index (χ2v) is 9.32. The van der Waals surface area contributed by atoms with Gasteiger partial charge in [0.15, 0.2) is 63.9 Å². The molecule has 0 bridgehead atoms. The summed E-state index contributed by atoms with van der Waals surface area (Å²) in [5.74, 6) is -23.4. The van der Waals surface area contributed by atoms with Crippen LogP contribution in [-0.4, -0.2) is 7.32 Å². The van der Waals surface area contributed by atoms with Crippen molar-refractivity contribution in [2.45, 2.75) is 6.42 Å². The number of hydrogen-bond donors (Lipinski definition) is 0. The smallest absolute Gasteiger partial charge is 0.489 e. The molecule has 0 N–H and O–H groups in total. The monoisotopic (exact) mass is 626 g/mol. The zero-order valence-corrected chi connectivity index (χ0v) is 21.3. The standard InChI is InChI=1S/C29H10BF11O3/c31-14-7-8-15(32)29(22(14)35)44-30(43-17-6-2-4-11-19(17)24(37)28(41)25(38)20(11)33)42-16-5-1-3-10-12(16)9-13-18(10)23(36)27(40)26(39)21(13)34/h1-8H,9H2. The minimum atomic E-state index is -2.49. The summed E-state index contributed by atoms with van der Waals surface area (Å²) in [5.41, 5.74) is -1.57. The van der Waals surface area contributed by atoms with Crippen molar-refractivity contribution in [1.82, 2.24) is 0 Å². The first kappa shape index (κ1) is 29.1. The Hall–Kier alpha value is -4.95. The van der Waals surface area contributed by atoms with E-state index in [9.17, 15) is 48.3 Å². The predicted octanol–water partition coefficient (Wildman–Crippen LogP) is 8.46. The summed E-state index contributed by atoms with van der Waals surface area (Å²) in [5, 5.41) is -1.83. The average molecular weight is 626 g/mol. The Labute approximate surface area is 239 Å². The van der Waals surface area contributed by atoms with Crippen molar-refractivity contribution in [2.24, 2.45) is 0 Å². The van der Waals surface area contributed by atoms with Crippen LogP contribution in [0.25, 0.3) is 21.9 Å². The molecule has 15 heteroatoms. The Kier molecular flexibility index (Phi) is 7.05. The lowest BCUT2D eigenvalue weighted by atomic mass is 10.0. The number of fused-ring (bicyclic) bond motifs is 4. The molecule has 0 saturated heterocycles. The molecule has 5 aromatic rings. The second-order valence-electron chi connectivity index (χ2n) is 9.32. The van der Waals surface area contributed by atoms with E-state index in [-0.39, 0.29) is 11.1 Å². The largest absolute Gasteiger partial charge is 0.864 e. The lowest BCUT2D eigenvalue weighted by molar-refractivity contribution is 0.289. The lowest BCUT2D eigenvalue weighted by Crippen LogP contribution is -2.38. The molecule has 224 valence electrons. The number of hydrogen-bond acceptors (Lipinski definition) is 3. The van der Waals surface area contributed by atoms with E-state index in [1.807, 2.05) is 0 Å². The van der Waals surface area contributed by atoms with Crippen LogP contribution in [-0.2, 0) is 6.42 Å². The summed E-state index contributed by atoms with van der Waals surface area (Å²) < 4.78 is 173. The van der Waals surface area contributed by atoms with Crippen molar-refractivity contribution in [1.29, 1.82) is 0 Å². The maximum absolute atomic E-state index is 14.8. The molecule has 3 nitrogen and oxygen atoms in total. The lowest BCUT2D eigenvalue weighted by Gasteiger charge is -2.20. The minimum absolute atomic E-state index is 0.133. The number of rotatable bonds is 6. The van der Waals surface area contributed by atoms with Gasteiger partial charge in [0.05, 0.1) is 5.39 Å². The first-order valence-electron chi connectivity index (χ1n) is 12.3. The summed E-state index contributed by atoms with van der Waals surface area (Å²) in [6, 6.07) is 7.10. The molecule has 0 spiro atoms. The molecule has 0 saturated carbocycles. The van der Waals surface area contributed by atoms with E-state index in [0.29, 0.717) is 12.1 Å². The molecule has 1 aliphatic carbocycles. The number of benzene rings is 5. The van der Waals surface area contributed by atoms with Gasteiger partial charge in [0.2, 0.25) is 5.82 Å². The highest BCUT2D eigenvalue weighted by atomic mass is 19.2. The van der Waals surface area contributed by atoms with Crippen LogP contribution in [0.5, 0.6) is 17.2 Å². The molecular weight excluding hydrogens is 616 g/mol. The summed E-state index contributed by atoms with van der Waals surface area (Å²) in [6.07, 6.45) is -0.602. The van der Waals surface area contributed by atoms with E-state index in [1.165, 1.54) is 12.1 Å². The van der Waals surface area contributed by atoms with Crippen molar-refractivity contribution in [3.05, 3.63) is 124 Å². The van der Waals surface area contributed by atoms with Gasteiger partial charge in [-0.1, -0.05) is 24.3 Å². The molecule has 0 radical (unpaired) electrons. The van der Waals surface area contributed by atoms with E-state index in [1.54, 1.807) is 0 Å². The van der Waals surface area contributed by atoms with Crippen molar-refractivity contribution < 1.29 is 62.3 Å². The fourth-order valence-corrected chi connectivity index (χ4v) is 4.84. The molecule has 1 aliphatic rings. The number of halogens is 11. The van der Waals surface area contributed by atoms with Gasteiger partial charge >= 0.3 is 7.32 Å². The van der Waals surface area contributed by atoms with Gasteiger partial charge in [0, 0.05) is 28.5 Å². The van der Waals surface area contributed by atoms with Crippen LogP contribution in [0.3, 0.4) is 0 Å². The highest BCUT2D eigenvalue weighted by Crippen LogP contribution is 2.45. The third-order valence-corrected chi connectivity index (χ3v) is 6.84. The molecule has 0 amide bonds. The van der Waals surface area contributed by atoms with E-state index in [4.69, 9.17) is 14.0 Å². The quantitative estimate of drug-likeness (QED) is 0.0804. The molecule has 0 unspecified atom stereocenters. The van der Waals surface area contributed by atoms with Gasteiger partial charge in [-0.05, 0) is 29.8 Å². The highest BCUT2D eigenvalue weighted by molar-refractivity contribution is 6.40. The molecule has 6 rings (SSSR count). The third-order valence-electron chi connectivity index (χ3n) is 6.84. The first-order valence-corrected chi connectivity index (χ1v) is 12.3. The average Bonchev–Trinajstić information content (AvgIpc) is 3.41. The van der Waals surface area contributed by atoms with Crippen LogP contribution < -0.4 is 14.0 Å². The summed E-state index contributed by atoms with van der Waals surface area (Å²) in [4.78, 5) is 0. The summed E-state index contributed by atoms with van der Waals surface area (Å²) in [6.45, 7) is 0. The van der Waals surface area contributed by atoms with Crippen LogP contribution >= 0.6 is 0 Å². The first-order chi connectivity index (χ1) is 20.9. The molecule has 0 atom stereocenters. The maximum Gasteiger partial charge on any atom is 0.864 e. The predicted molar refractivity (Wildman–Crippen MR) is 132 cm³/mol. The van der Waals surface area contributed by atoms with E-state index < -0.39 is 117 Å². The van der Waals surface area contributed by atoms with Crippen molar-refractivity contribution in [2.75, 3.05) is 0 Å². The topological polar surface area (TPSA) is 27.7 Å². The van der Waals surface area contributed by atoms with E-state index in [0.717, 1.165) is 24.3 Å². The summed E-state index contributed by atoms with van der Waals surface area (Å²) in [7, 11) is -2.49. The van der Waals surface area contributed by atoms with Gasteiger partial charge in [-0.15, -0.1) is 0 Å². The fraction of sp³-hybridized carbons (Fsp3) is 0.0345. The van der Waals surface area contributed by atoms with Gasteiger partial charge in [0.25, 0.3) is 0 Å². The Balaban J connectivity index is 1.47. The Morgan fingerprint density at radius 1 is 0.477 bits per heavy atom. The Morgan fingerprint density at radius 2 is 1.07 bits per heavy atom. The normalized spacial score (nSPS) is 11.9. The zero-order valence-electron chi connectivity index (χ0n) is 21.3. The van der Waals surface area contributed by atoms with Crippen LogP contribution in [0, 0.1) is 64.0 Å². The molecule has 5 aromatic carbocycles. The molecule has 0 aliphatic heterocycles. The van der Waals surface area contributed by atoms with Crippen LogP contribution in [0.4, 0.5) is 48.3 Å². The van der Waals surface area contributed by atoms with Gasteiger partial charge in [0.1, 0.15) is 11.5 Å². The Morgan fingerprint density at radius 3 is 1.82 bits per heavy atom. The Bertz CT molecular complexity index is 2020. The maximum atomic E-state index is 14.8. The van der Waals surface area contributed by atoms with Gasteiger partial charge < -0.3 is 14.0 Å². The third kappa shape index (κ3) is 4.45.